The SMILES string of the molecule is CC.Cc1ncc(OCC(C)C(C)C(O)N2CCC(Oc3cncc(Nc4cc(OC(F)F)n[nH]4)n3)CC2)nc1Nc1cc(C2COC2)[nH]n1. The van der Waals surface area contributed by atoms with Gasteiger partial charge in [0, 0.05) is 42.8 Å². The van der Waals surface area contributed by atoms with Crippen LogP contribution in [-0.2, 0) is 4.74 Å². The van der Waals surface area contributed by atoms with E-state index in [2.05, 4.69) is 55.7 Å². The number of ether oxygens (including phenoxy) is 4. The van der Waals surface area contributed by atoms with Crippen LogP contribution in [0.5, 0.6) is 17.6 Å². The maximum absolute atomic E-state index is 12.4. The molecule has 3 unspecified atom stereocenters. The molecule has 3 atom stereocenters. The van der Waals surface area contributed by atoms with Crippen molar-refractivity contribution in [2.24, 2.45) is 11.8 Å². The first-order valence-electron chi connectivity index (χ1n) is 16.7. The molecule has 0 aliphatic carbocycles. The molecule has 2 saturated heterocycles. The van der Waals surface area contributed by atoms with E-state index < -0.39 is 12.8 Å². The molecule has 6 rings (SSSR count). The quantitative estimate of drug-likeness (QED) is 0.114. The van der Waals surface area contributed by atoms with Crippen molar-refractivity contribution in [3.63, 3.8) is 0 Å². The molecule has 18 heteroatoms. The first-order chi connectivity index (χ1) is 24.2. The fourth-order valence-electron chi connectivity index (χ4n) is 5.31. The van der Waals surface area contributed by atoms with Gasteiger partial charge >= 0.3 is 6.61 Å². The number of nitrogens with zero attached hydrogens (tertiary/aromatic N) is 7. The van der Waals surface area contributed by atoms with Crippen molar-refractivity contribution in [3.05, 3.63) is 42.1 Å². The Morgan fingerprint density at radius 3 is 2.48 bits per heavy atom. The molecule has 272 valence electrons. The first kappa shape index (κ1) is 36.6. The zero-order valence-corrected chi connectivity index (χ0v) is 28.8. The van der Waals surface area contributed by atoms with E-state index in [1.807, 2.05) is 45.6 Å². The fourth-order valence-corrected chi connectivity index (χ4v) is 5.31. The molecule has 2 aliphatic rings. The molecule has 50 heavy (non-hydrogen) atoms. The van der Waals surface area contributed by atoms with Crippen molar-refractivity contribution in [3.8, 4) is 17.6 Å². The number of halogens is 2. The van der Waals surface area contributed by atoms with Gasteiger partial charge in [-0.2, -0.15) is 23.8 Å². The monoisotopic (exact) mass is 701 g/mol. The average Bonchev–Trinajstić information content (AvgIpc) is 3.73. The number of alkyl halides is 2. The van der Waals surface area contributed by atoms with Crippen LogP contribution in [0.15, 0.2) is 30.7 Å². The number of aryl methyl sites for hydroxylation is 1. The second-order valence-electron chi connectivity index (χ2n) is 12.0. The zero-order valence-electron chi connectivity index (χ0n) is 28.8. The normalized spacial score (nSPS) is 17.2. The number of aliphatic hydroxyl groups is 1. The van der Waals surface area contributed by atoms with Gasteiger partial charge in [-0.25, -0.2) is 0 Å². The van der Waals surface area contributed by atoms with Gasteiger partial charge in [-0.05, 0) is 25.7 Å². The third-order valence-corrected chi connectivity index (χ3v) is 8.49. The van der Waals surface area contributed by atoms with Crippen molar-refractivity contribution in [2.75, 3.05) is 43.5 Å². The molecule has 0 aromatic carbocycles. The van der Waals surface area contributed by atoms with Gasteiger partial charge in [-0.1, -0.05) is 27.7 Å². The minimum atomic E-state index is -2.97. The van der Waals surface area contributed by atoms with Crippen LogP contribution in [0, 0.1) is 18.8 Å². The highest BCUT2D eigenvalue weighted by Crippen LogP contribution is 2.28. The molecule has 6 heterocycles. The highest BCUT2D eigenvalue weighted by molar-refractivity contribution is 5.55. The predicted molar refractivity (Wildman–Crippen MR) is 179 cm³/mol. The summed E-state index contributed by atoms with van der Waals surface area (Å²) < 4.78 is 46.4. The summed E-state index contributed by atoms with van der Waals surface area (Å²) in [6.07, 6.45) is 5.15. The minimum absolute atomic E-state index is 0.0190. The van der Waals surface area contributed by atoms with Crippen molar-refractivity contribution < 1.29 is 32.8 Å². The predicted octanol–water partition coefficient (Wildman–Crippen LogP) is 4.76. The van der Waals surface area contributed by atoms with Crippen molar-refractivity contribution in [1.82, 2.24) is 45.2 Å². The Balaban J connectivity index is 0.00000239. The van der Waals surface area contributed by atoms with E-state index in [9.17, 15) is 13.9 Å². The molecule has 0 saturated carbocycles. The fraction of sp³-hybridized carbons (Fsp3) is 0.562. The summed E-state index contributed by atoms with van der Waals surface area (Å²) >= 11 is 0. The Kier molecular flexibility index (Phi) is 12.7. The smallest absolute Gasteiger partial charge is 0.388 e. The van der Waals surface area contributed by atoms with Gasteiger partial charge in [0.25, 0.3) is 0 Å². The number of rotatable bonds is 15. The van der Waals surface area contributed by atoms with E-state index in [1.165, 1.54) is 18.5 Å². The minimum Gasteiger partial charge on any atom is -0.476 e. The molecule has 2 aliphatic heterocycles. The highest BCUT2D eigenvalue weighted by Gasteiger charge is 2.31. The topological polar surface area (TPSA) is 193 Å². The number of aromatic amines is 2. The third-order valence-electron chi connectivity index (χ3n) is 8.49. The number of piperidine rings is 1. The second-order valence-corrected chi connectivity index (χ2v) is 12.0. The van der Waals surface area contributed by atoms with Crippen LogP contribution in [0.1, 0.15) is 57.8 Å². The largest absolute Gasteiger partial charge is 0.476 e. The molecule has 0 amide bonds. The van der Waals surface area contributed by atoms with Crippen LogP contribution in [0.3, 0.4) is 0 Å². The third kappa shape index (κ3) is 9.72. The number of hydrogen-bond acceptors (Lipinski definition) is 14. The number of aliphatic hydroxyl groups excluding tert-OH is 1. The van der Waals surface area contributed by atoms with Crippen molar-refractivity contribution >= 4 is 23.3 Å². The number of nitrogens with one attached hydrogen (secondary N) is 4. The van der Waals surface area contributed by atoms with Gasteiger partial charge in [0.2, 0.25) is 17.6 Å². The molecule has 2 fully saturated rings. The molecule has 16 nitrogen and oxygen atoms in total. The molecular weight excluding hydrogens is 656 g/mol. The molecule has 4 aromatic heterocycles. The van der Waals surface area contributed by atoms with Crippen molar-refractivity contribution in [2.45, 2.75) is 72.3 Å². The lowest BCUT2D eigenvalue weighted by molar-refractivity contribution is -0.0748. The van der Waals surface area contributed by atoms with Crippen LogP contribution in [0.4, 0.5) is 32.1 Å². The van der Waals surface area contributed by atoms with Crippen LogP contribution in [0.25, 0.3) is 0 Å². The molecule has 0 radical (unpaired) electrons. The molecule has 0 spiro atoms. The number of likely N-dealkylation sites (tertiary alicyclic amines) is 1. The first-order valence-corrected chi connectivity index (χ1v) is 16.7. The Hall–Kier alpha value is -4.68. The van der Waals surface area contributed by atoms with E-state index in [-0.39, 0.29) is 23.8 Å². The number of hydrogen-bond donors (Lipinski definition) is 5. The lowest BCUT2D eigenvalue weighted by Gasteiger charge is -2.38. The lowest BCUT2D eigenvalue weighted by Crippen LogP contribution is -2.48. The van der Waals surface area contributed by atoms with Gasteiger partial charge in [0.15, 0.2) is 17.5 Å². The number of anilines is 4. The summed E-state index contributed by atoms with van der Waals surface area (Å²) in [6, 6.07) is 3.23. The van der Waals surface area contributed by atoms with Gasteiger partial charge in [0.05, 0.1) is 44.1 Å². The summed E-state index contributed by atoms with van der Waals surface area (Å²) in [7, 11) is 0. The summed E-state index contributed by atoms with van der Waals surface area (Å²) in [4.78, 5) is 19.6. The van der Waals surface area contributed by atoms with Gasteiger partial charge < -0.3 is 34.7 Å². The maximum Gasteiger partial charge on any atom is 0.388 e. The Morgan fingerprint density at radius 2 is 1.76 bits per heavy atom. The van der Waals surface area contributed by atoms with Crippen LogP contribution in [-0.4, -0.2) is 102 Å². The van der Waals surface area contributed by atoms with E-state index in [0.29, 0.717) is 92.4 Å². The molecule has 0 bridgehead atoms. The number of H-pyrrole nitrogens is 2. The maximum atomic E-state index is 12.4. The summed E-state index contributed by atoms with van der Waals surface area (Å²) in [5.74, 6) is 2.58. The van der Waals surface area contributed by atoms with Crippen molar-refractivity contribution in [1.29, 1.82) is 0 Å². The van der Waals surface area contributed by atoms with E-state index in [1.54, 1.807) is 6.20 Å². The van der Waals surface area contributed by atoms with Gasteiger partial charge in [-0.3, -0.25) is 25.1 Å². The van der Waals surface area contributed by atoms with Gasteiger partial charge in [0.1, 0.15) is 18.1 Å². The standard InChI is InChI=1S/C30H39F2N11O5.C2H6/c1-16(13-46-26-12-34-18(3)28(38-26)37-22-8-21(39-40-22)19-14-45-15-19)17(2)29(44)43-6-4-20(5-7-43)47-27-11-33-10-24(36-27)35-23-9-25(42-41-23)48-30(31)32;1-2/h8-12,16-17,19-20,29-30,44H,4-7,13-15H2,1-3H3,(H2,35,36,41,42)(H2,37,38,39,40);1-2H3. The summed E-state index contributed by atoms with van der Waals surface area (Å²) in [5.41, 5.74) is 1.73. The van der Waals surface area contributed by atoms with E-state index >= 15 is 0 Å². The molecule has 5 N–H and O–H groups in total. The Bertz CT molecular complexity index is 1630. The van der Waals surface area contributed by atoms with E-state index in [0.717, 1.165) is 5.69 Å². The van der Waals surface area contributed by atoms with Crippen LogP contribution >= 0.6 is 0 Å². The second kappa shape index (κ2) is 17.3. The van der Waals surface area contributed by atoms with Crippen LogP contribution in [0.2, 0.25) is 0 Å². The summed E-state index contributed by atoms with van der Waals surface area (Å²) in [6.45, 7) is 9.94. The lowest BCUT2D eigenvalue weighted by atomic mass is 9.93. The Morgan fingerprint density at radius 1 is 0.980 bits per heavy atom. The van der Waals surface area contributed by atoms with E-state index in [4.69, 9.17) is 14.2 Å². The highest BCUT2D eigenvalue weighted by atomic mass is 19.3. The molecule has 4 aromatic rings. The zero-order chi connectivity index (χ0) is 35.6. The average molecular weight is 702 g/mol. The van der Waals surface area contributed by atoms with Crippen LogP contribution < -0.4 is 24.8 Å². The molecular formula is C32H45F2N11O5. The number of aromatic nitrogens is 8. The Labute approximate surface area is 288 Å². The van der Waals surface area contributed by atoms with Gasteiger partial charge in [-0.15, -0.1) is 5.10 Å². The summed E-state index contributed by atoms with van der Waals surface area (Å²) in [5, 5.41) is 30.9.